The van der Waals surface area contributed by atoms with Crippen LogP contribution in [0.5, 0.6) is 0 Å². The minimum absolute atomic E-state index is 0.0258. The number of nitrogens with one attached hydrogen (secondary N) is 1. The predicted molar refractivity (Wildman–Crippen MR) is 114 cm³/mol. The first-order valence-corrected chi connectivity index (χ1v) is 11.8. The lowest BCUT2D eigenvalue weighted by Gasteiger charge is -2.35. The molecular formula is C20H20F5N7O2S. The molecule has 0 radical (unpaired) electrons. The van der Waals surface area contributed by atoms with Gasteiger partial charge in [-0.05, 0) is 37.6 Å². The highest BCUT2D eigenvalue weighted by molar-refractivity contribution is 7.89. The van der Waals surface area contributed by atoms with Gasteiger partial charge in [-0.2, -0.15) is 13.2 Å². The largest absolute Gasteiger partial charge is 0.416 e. The van der Waals surface area contributed by atoms with Crippen LogP contribution in [0.25, 0.3) is 11.3 Å². The number of halogens is 5. The molecule has 3 N–H and O–H groups in total. The molecule has 2 heterocycles. The van der Waals surface area contributed by atoms with E-state index >= 15 is 0 Å². The third kappa shape index (κ3) is 5.56. The Hall–Kier alpha value is -3.20. The molecule has 1 aromatic carbocycles. The van der Waals surface area contributed by atoms with Gasteiger partial charge >= 0.3 is 6.18 Å². The van der Waals surface area contributed by atoms with Crippen LogP contribution < -0.4 is 10.5 Å². The lowest BCUT2D eigenvalue weighted by molar-refractivity contribution is -0.137. The van der Waals surface area contributed by atoms with Gasteiger partial charge in [-0.3, -0.25) is 0 Å². The SMILES string of the molecule is Cc1nncn1C1CC(NS(=O)(=O)c2cc(-c3ccnc(N)n3)cc(C(F)(F)F)c2)CC(F)(F)C1. The molecule has 15 heteroatoms. The summed E-state index contributed by atoms with van der Waals surface area (Å²) in [6.07, 6.45) is -3.78. The smallest absolute Gasteiger partial charge is 0.368 e. The number of rotatable bonds is 5. The van der Waals surface area contributed by atoms with Crippen LogP contribution in [0.3, 0.4) is 0 Å². The maximum Gasteiger partial charge on any atom is 0.416 e. The second kappa shape index (κ2) is 8.78. The summed E-state index contributed by atoms with van der Waals surface area (Å²) >= 11 is 0. The zero-order valence-corrected chi connectivity index (χ0v) is 19.0. The van der Waals surface area contributed by atoms with Crippen molar-refractivity contribution in [2.75, 3.05) is 5.73 Å². The standard InChI is InChI=1S/C20H20F5N7O2S/c1-11-30-28-10-32(11)15-7-14(8-19(21,22)9-15)31-35(33,34)16-5-12(4-13(6-16)20(23,24)25)17-2-3-27-18(26)29-17/h2-6,10,14-15,31H,7-9H2,1H3,(H2,26,27,29). The van der Waals surface area contributed by atoms with E-state index in [1.165, 1.54) is 23.2 Å². The molecule has 3 aromatic rings. The van der Waals surface area contributed by atoms with E-state index < -0.39 is 57.5 Å². The lowest BCUT2D eigenvalue weighted by atomic mass is 9.88. The van der Waals surface area contributed by atoms with Crippen molar-refractivity contribution in [3.05, 3.63) is 48.2 Å². The fourth-order valence-corrected chi connectivity index (χ4v) is 5.45. The summed E-state index contributed by atoms with van der Waals surface area (Å²) in [5.41, 5.74) is 4.03. The molecule has 2 unspecified atom stereocenters. The van der Waals surface area contributed by atoms with E-state index in [0.717, 1.165) is 12.1 Å². The molecule has 35 heavy (non-hydrogen) atoms. The number of nitrogen functional groups attached to an aromatic ring is 1. The zero-order chi connectivity index (χ0) is 25.6. The van der Waals surface area contributed by atoms with Crippen LogP contribution in [-0.4, -0.2) is 45.1 Å². The van der Waals surface area contributed by atoms with Gasteiger partial charge in [0.1, 0.15) is 12.2 Å². The summed E-state index contributed by atoms with van der Waals surface area (Å²) < 4.78 is 99.4. The van der Waals surface area contributed by atoms with E-state index in [9.17, 15) is 30.4 Å². The Morgan fingerprint density at radius 3 is 2.57 bits per heavy atom. The molecule has 0 spiro atoms. The molecule has 1 saturated carbocycles. The third-order valence-electron chi connectivity index (χ3n) is 5.62. The maximum atomic E-state index is 14.5. The highest BCUT2D eigenvalue weighted by Crippen LogP contribution is 2.40. The van der Waals surface area contributed by atoms with Crippen LogP contribution in [0, 0.1) is 6.92 Å². The lowest BCUT2D eigenvalue weighted by Crippen LogP contribution is -2.45. The van der Waals surface area contributed by atoms with Crippen LogP contribution in [0.2, 0.25) is 0 Å². The van der Waals surface area contributed by atoms with E-state index in [1.54, 1.807) is 6.92 Å². The Kier molecular flexibility index (Phi) is 6.25. The fourth-order valence-electron chi connectivity index (χ4n) is 4.13. The third-order valence-corrected chi connectivity index (χ3v) is 7.12. The van der Waals surface area contributed by atoms with Gasteiger partial charge in [-0.1, -0.05) is 0 Å². The van der Waals surface area contributed by atoms with Crippen molar-refractivity contribution in [2.45, 2.75) is 55.3 Å². The molecular weight excluding hydrogens is 497 g/mol. The second-order valence-corrected chi connectivity index (χ2v) is 10.0. The van der Waals surface area contributed by atoms with Crippen LogP contribution in [-0.2, 0) is 16.2 Å². The number of nitrogens with zero attached hydrogens (tertiary/aromatic N) is 5. The van der Waals surface area contributed by atoms with Gasteiger partial charge in [0.25, 0.3) is 5.92 Å². The first-order chi connectivity index (χ1) is 16.2. The first kappa shape index (κ1) is 24.9. The number of nitrogens with two attached hydrogens (primary N) is 1. The van der Waals surface area contributed by atoms with Gasteiger partial charge in [0.05, 0.1) is 16.2 Å². The van der Waals surface area contributed by atoms with E-state index in [2.05, 4.69) is 24.9 Å². The zero-order valence-electron chi connectivity index (χ0n) is 18.2. The molecule has 188 valence electrons. The Morgan fingerprint density at radius 2 is 1.94 bits per heavy atom. The highest BCUT2D eigenvalue weighted by Gasteiger charge is 2.44. The van der Waals surface area contributed by atoms with Crippen LogP contribution in [0.4, 0.5) is 27.9 Å². The molecule has 2 aromatic heterocycles. The number of anilines is 1. The van der Waals surface area contributed by atoms with Crippen molar-refractivity contribution in [3.8, 4) is 11.3 Å². The maximum absolute atomic E-state index is 14.5. The topological polar surface area (TPSA) is 129 Å². The molecule has 2 atom stereocenters. The van der Waals surface area contributed by atoms with Gasteiger partial charge in [-0.15, -0.1) is 10.2 Å². The van der Waals surface area contributed by atoms with E-state index in [4.69, 9.17) is 5.73 Å². The Labute approximate surface area is 196 Å². The summed E-state index contributed by atoms with van der Waals surface area (Å²) in [4.78, 5) is 6.76. The summed E-state index contributed by atoms with van der Waals surface area (Å²) in [5.74, 6) is -3.06. The summed E-state index contributed by atoms with van der Waals surface area (Å²) in [6, 6.07) is 1.36. The van der Waals surface area contributed by atoms with Crippen molar-refractivity contribution in [1.82, 2.24) is 29.5 Å². The van der Waals surface area contributed by atoms with Crippen molar-refractivity contribution in [2.24, 2.45) is 0 Å². The Morgan fingerprint density at radius 1 is 1.20 bits per heavy atom. The number of alkyl halides is 5. The number of aryl methyl sites for hydroxylation is 1. The highest BCUT2D eigenvalue weighted by atomic mass is 32.2. The summed E-state index contributed by atoms with van der Waals surface area (Å²) in [6.45, 7) is 1.57. The first-order valence-electron chi connectivity index (χ1n) is 10.3. The monoisotopic (exact) mass is 517 g/mol. The molecule has 1 fully saturated rings. The average Bonchev–Trinajstić information content (AvgIpc) is 3.17. The number of hydrogen-bond acceptors (Lipinski definition) is 7. The fraction of sp³-hybridized carbons (Fsp3) is 0.400. The predicted octanol–water partition coefficient (Wildman–Crippen LogP) is 3.35. The number of aromatic nitrogens is 5. The molecule has 1 aliphatic rings. The molecule has 0 aliphatic heterocycles. The second-order valence-electron chi connectivity index (χ2n) is 8.30. The minimum atomic E-state index is -4.88. The molecule has 0 amide bonds. The van der Waals surface area contributed by atoms with Crippen molar-refractivity contribution in [3.63, 3.8) is 0 Å². The van der Waals surface area contributed by atoms with Crippen LogP contribution in [0.1, 0.15) is 36.7 Å². The Balaban J connectivity index is 1.69. The van der Waals surface area contributed by atoms with Gasteiger partial charge in [0.2, 0.25) is 16.0 Å². The number of hydrogen-bond donors (Lipinski definition) is 2. The van der Waals surface area contributed by atoms with Gasteiger partial charge in [-0.25, -0.2) is 31.9 Å². The molecule has 0 bridgehead atoms. The van der Waals surface area contributed by atoms with Gasteiger partial charge < -0.3 is 10.3 Å². The van der Waals surface area contributed by atoms with Gasteiger partial charge in [0, 0.05) is 36.7 Å². The van der Waals surface area contributed by atoms with E-state index in [1.807, 2.05) is 0 Å². The Bertz CT molecular complexity index is 1340. The quantitative estimate of drug-likeness (QED) is 0.497. The van der Waals surface area contributed by atoms with Crippen molar-refractivity contribution in [1.29, 1.82) is 0 Å². The molecule has 9 nitrogen and oxygen atoms in total. The van der Waals surface area contributed by atoms with E-state index in [-0.39, 0.29) is 23.6 Å². The molecule has 1 aliphatic carbocycles. The number of benzene rings is 1. The van der Waals surface area contributed by atoms with Crippen molar-refractivity contribution >= 4 is 16.0 Å². The molecule has 4 rings (SSSR count). The normalized spacial score (nSPS) is 20.6. The minimum Gasteiger partial charge on any atom is -0.368 e. The van der Waals surface area contributed by atoms with Crippen LogP contribution in [0.15, 0.2) is 41.7 Å². The number of sulfonamides is 1. The van der Waals surface area contributed by atoms with Crippen LogP contribution >= 0.6 is 0 Å². The summed E-state index contributed by atoms with van der Waals surface area (Å²) in [7, 11) is -4.63. The average molecular weight is 517 g/mol. The van der Waals surface area contributed by atoms with E-state index in [0.29, 0.717) is 11.9 Å². The summed E-state index contributed by atoms with van der Waals surface area (Å²) in [5, 5.41) is 7.44. The van der Waals surface area contributed by atoms with Crippen molar-refractivity contribution < 1.29 is 30.4 Å². The molecule has 0 saturated heterocycles. The van der Waals surface area contributed by atoms with Gasteiger partial charge in [0.15, 0.2) is 0 Å².